The number of hydrogen-bond donors (Lipinski definition) is 2. The molecule has 1 atom stereocenters. The molecular weight excluding hydrogens is 230 g/mol. The van der Waals surface area contributed by atoms with Gasteiger partial charge in [-0.1, -0.05) is 6.07 Å². The van der Waals surface area contributed by atoms with Crippen molar-refractivity contribution in [1.82, 2.24) is 5.32 Å². The second kappa shape index (κ2) is 5.32. The predicted molar refractivity (Wildman–Crippen MR) is 65.5 cm³/mol. The van der Waals surface area contributed by atoms with Gasteiger partial charge in [0.15, 0.2) is 0 Å². The summed E-state index contributed by atoms with van der Waals surface area (Å²) in [5.41, 5.74) is 1.08. The number of amides is 2. The molecule has 92 valence electrons. The van der Waals surface area contributed by atoms with E-state index in [0.29, 0.717) is 24.2 Å². The molecule has 1 aliphatic rings. The van der Waals surface area contributed by atoms with E-state index in [1.807, 2.05) is 6.07 Å². The quantitative estimate of drug-likeness (QED) is 0.813. The molecule has 5 nitrogen and oxygen atoms in total. The van der Waals surface area contributed by atoms with Gasteiger partial charge in [-0.05, 0) is 24.6 Å². The molecule has 0 spiro atoms. The Labute approximate surface area is 105 Å². The Morgan fingerprint density at radius 2 is 2.33 bits per heavy atom. The van der Waals surface area contributed by atoms with Gasteiger partial charge in [-0.3, -0.25) is 9.59 Å². The lowest BCUT2D eigenvalue weighted by Gasteiger charge is -2.21. The van der Waals surface area contributed by atoms with Gasteiger partial charge in [0, 0.05) is 24.6 Å². The molecule has 1 heterocycles. The van der Waals surface area contributed by atoms with Gasteiger partial charge in [-0.15, -0.1) is 0 Å². The molecule has 2 rings (SSSR count). The number of benzene rings is 1. The van der Waals surface area contributed by atoms with E-state index in [2.05, 4.69) is 10.6 Å². The zero-order valence-corrected chi connectivity index (χ0v) is 9.77. The fraction of sp³-hybridized carbons (Fsp3) is 0.308. The molecular formula is C13H13N3O2. The average Bonchev–Trinajstić information content (AvgIpc) is 2.39. The first-order valence-corrected chi connectivity index (χ1v) is 5.77. The van der Waals surface area contributed by atoms with Crippen molar-refractivity contribution >= 4 is 17.5 Å². The molecule has 0 radical (unpaired) electrons. The third-order valence-corrected chi connectivity index (χ3v) is 2.88. The fourth-order valence-electron chi connectivity index (χ4n) is 1.92. The molecule has 1 aromatic carbocycles. The minimum Gasteiger partial charge on any atom is -0.356 e. The Morgan fingerprint density at radius 1 is 1.50 bits per heavy atom. The Balaban J connectivity index is 2.02. The Kier molecular flexibility index (Phi) is 3.58. The van der Waals surface area contributed by atoms with E-state index in [1.165, 1.54) is 0 Å². The number of piperidine rings is 1. The van der Waals surface area contributed by atoms with Gasteiger partial charge in [0.1, 0.15) is 0 Å². The van der Waals surface area contributed by atoms with Crippen LogP contribution in [0.25, 0.3) is 0 Å². The molecule has 1 unspecified atom stereocenters. The van der Waals surface area contributed by atoms with Crippen LogP contribution in [0.1, 0.15) is 18.4 Å². The summed E-state index contributed by atoms with van der Waals surface area (Å²) in [4.78, 5) is 23.1. The number of nitrogens with one attached hydrogen (secondary N) is 2. The van der Waals surface area contributed by atoms with E-state index in [0.717, 1.165) is 0 Å². The van der Waals surface area contributed by atoms with E-state index in [1.54, 1.807) is 24.3 Å². The minimum atomic E-state index is -0.288. The van der Waals surface area contributed by atoms with Gasteiger partial charge < -0.3 is 10.6 Å². The number of carbonyl (C=O) groups excluding carboxylic acids is 2. The lowest BCUT2D eigenvalue weighted by atomic mass is 9.96. The second-order valence-electron chi connectivity index (χ2n) is 4.22. The van der Waals surface area contributed by atoms with Crippen LogP contribution in [0.3, 0.4) is 0 Å². The van der Waals surface area contributed by atoms with Crippen molar-refractivity contribution in [3.8, 4) is 6.07 Å². The standard InChI is InChI=1S/C13H13N3O2/c14-8-9-2-1-3-11(6-9)16-13(18)10-4-5-15-12(17)7-10/h1-3,6,10H,4-5,7H2,(H,15,17)(H,16,18). The van der Waals surface area contributed by atoms with Crippen LogP contribution >= 0.6 is 0 Å². The highest BCUT2D eigenvalue weighted by Crippen LogP contribution is 2.16. The molecule has 2 amide bonds. The van der Waals surface area contributed by atoms with Crippen LogP contribution in [0.15, 0.2) is 24.3 Å². The molecule has 2 N–H and O–H groups in total. The molecule has 0 bridgehead atoms. The number of nitrogens with zero attached hydrogens (tertiary/aromatic N) is 1. The molecule has 0 aliphatic carbocycles. The number of rotatable bonds is 2. The minimum absolute atomic E-state index is 0.0906. The molecule has 5 heteroatoms. The van der Waals surface area contributed by atoms with Crippen LogP contribution in [0.2, 0.25) is 0 Å². The first-order valence-electron chi connectivity index (χ1n) is 5.77. The summed E-state index contributed by atoms with van der Waals surface area (Å²) in [6.07, 6.45) is 0.874. The summed E-state index contributed by atoms with van der Waals surface area (Å²) >= 11 is 0. The molecule has 18 heavy (non-hydrogen) atoms. The third kappa shape index (κ3) is 2.86. The molecule has 1 aliphatic heterocycles. The number of anilines is 1. The summed E-state index contributed by atoms with van der Waals surface area (Å²) in [5, 5.41) is 14.2. The number of hydrogen-bond acceptors (Lipinski definition) is 3. The normalized spacial score (nSPS) is 18.6. The monoisotopic (exact) mass is 243 g/mol. The maximum absolute atomic E-state index is 11.9. The van der Waals surface area contributed by atoms with Gasteiger partial charge in [0.2, 0.25) is 11.8 Å². The van der Waals surface area contributed by atoms with Crippen molar-refractivity contribution in [2.24, 2.45) is 5.92 Å². The number of carbonyl (C=O) groups is 2. The molecule has 0 aromatic heterocycles. The van der Waals surface area contributed by atoms with Crippen LogP contribution in [0, 0.1) is 17.2 Å². The first-order chi connectivity index (χ1) is 8.69. The average molecular weight is 243 g/mol. The first kappa shape index (κ1) is 12.1. The third-order valence-electron chi connectivity index (χ3n) is 2.88. The summed E-state index contributed by atoms with van der Waals surface area (Å²) in [5.74, 6) is -0.545. The van der Waals surface area contributed by atoms with Gasteiger partial charge in [-0.25, -0.2) is 0 Å². The van der Waals surface area contributed by atoms with Gasteiger partial charge in [-0.2, -0.15) is 5.26 Å². The summed E-state index contributed by atoms with van der Waals surface area (Å²) in [7, 11) is 0. The SMILES string of the molecule is N#Cc1cccc(NC(=O)C2CCNC(=O)C2)c1. The van der Waals surface area contributed by atoms with E-state index in [4.69, 9.17) is 5.26 Å². The van der Waals surface area contributed by atoms with Crippen LogP contribution in [0.4, 0.5) is 5.69 Å². The van der Waals surface area contributed by atoms with Crippen LogP contribution in [-0.2, 0) is 9.59 Å². The lowest BCUT2D eigenvalue weighted by Crippen LogP contribution is -2.38. The van der Waals surface area contributed by atoms with Gasteiger partial charge in [0.25, 0.3) is 0 Å². The van der Waals surface area contributed by atoms with Crippen LogP contribution in [-0.4, -0.2) is 18.4 Å². The Morgan fingerprint density at radius 3 is 3.06 bits per heavy atom. The summed E-state index contributed by atoms with van der Waals surface area (Å²) < 4.78 is 0. The van der Waals surface area contributed by atoms with E-state index in [-0.39, 0.29) is 24.2 Å². The molecule has 1 fully saturated rings. The van der Waals surface area contributed by atoms with Gasteiger partial charge >= 0.3 is 0 Å². The Hall–Kier alpha value is -2.35. The predicted octanol–water partition coefficient (Wildman–Crippen LogP) is 1.02. The molecule has 1 aromatic rings. The van der Waals surface area contributed by atoms with Crippen LogP contribution < -0.4 is 10.6 Å². The highest BCUT2D eigenvalue weighted by atomic mass is 16.2. The highest BCUT2D eigenvalue weighted by Gasteiger charge is 2.25. The van der Waals surface area contributed by atoms with Gasteiger partial charge in [0.05, 0.1) is 11.6 Å². The van der Waals surface area contributed by atoms with Crippen molar-refractivity contribution in [3.63, 3.8) is 0 Å². The fourth-order valence-corrected chi connectivity index (χ4v) is 1.92. The molecule has 0 saturated carbocycles. The second-order valence-corrected chi connectivity index (χ2v) is 4.22. The topological polar surface area (TPSA) is 82.0 Å². The number of nitriles is 1. The maximum Gasteiger partial charge on any atom is 0.228 e. The van der Waals surface area contributed by atoms with Crippen LogP contribution in [0.5, 0.6) is 0 Å². The zero-order chi connectivity index (χ0) is 13.0. The summed E-state index contributed by atoms with van der Waals surface area (Å²) in [6, 6.07) is 8.73. The lowest BCUT2D eigenvalue weighted by molar-refractivity contribution is -0.129. The van der Waals surface area contributed by atoms with Crippen molar-refractivity contribution in [2.45, 2.75) is 12.8 Å². The van der Waals surface area contributed by atoms with Crippen molar-refractivity contribution in [2.75, 3.05) is 11.9 Å². The van der Waals surface area contributed by atoms with E-state index < -0.39 is 0 Å². The summed E-state index contributed by atoms with van der Waals surface area (Å²) in [6.45, 7) is 0.537. The highest BCUT2D eigenvalue weighted by molar-refractivity contribution is 5.95. The van der Waals surface area contributed by atoms with Crippen molar-refractivity contribution < 1.29 is 9.59 Å². The van der Waals surface area contributed by atoms with Crippen molar-refractivity contribution in [3.05, 3.63) is 29.8 Å². The Bertz CT molecular complexity index is 519. The van der Waals surface area contributed by atoms with E-state index in [9.17, 15) is 9.59 Å². The van der Waals surface area contributed by atoms with Crippen molar-refractivity contribution in [1.29, 1.82) is 5.26 Å². The maximum atomic E-state index is 11.9. The smallest absolute Gasteiger partial charge is 0.228 e. The largest absolute Gasteiger partial charge is 0.356 e. The van der Waals surface area contributed by atoms with E-state index >= 15 is 0 Å². The zero-order valence-electron chi connectivity index (χ0n) is 9.77. The molecule has 1 saturated heterocycles.